The molecule has 1 saturated heterocycles. The van der Waals surface area contributed by atoms with Crippen molar-refractivity contribution >= 4 is 27.7 Å². The summed E-state index contributed by atoms with van der Waals surface area (Å²) in [6.07, 6.45) is 5.04. The van der Waals surface area contributed by atoms with Crippen LogP contribution in [0.15, 0.2) is 16.7 Å². The Bertz CT molecular complexity index is 418. The Labute approximate surface area is 108 Å². The summed E-state index contributed by atoms with van der Waals surface area (Å²) < 4.78 is 0.746. The van der Waals surface area contributed by atoms with Gasteiger partial charge < -0.3 is 5.73 Å². The lowest BCUT2D eigenvalue weighted by Crippen LogP contribution is -2.45. The van der Waals surface area contributed by atoms with Crippen LogP contribution in [0, 0.1) is 0 Å². The van der Waals surface area contributed by atoms with Crippen molar-refractivity contribution in [3.8, 4) is 0 Å². The summed E-state index contributed by atoms with van der Waals surface area (Å²) in [6, 6.07) is 1.68. The van der Waals surface area contributed by atoms with Crippen molar-refractivity contribution in [2.24, 2.45) is 0 Å². The first kappa shape index (κ1) is 12.3. The molecular weight excluding hydrogens is 284 g/mol. The summed E-state index contributed by atoms with van der Waals surface area (Å²) in [5.74, 6) is 0.0564. The van der Waals surface area contributed by atoms with Gasteiger partial charge in [-0.2, -0.15) is 0 Å². The lowest BCUT2D eigenvalue weighted by Gasteiger charge is -2.26. The Kier molecular flexibility index (Phi) is 3.96. The third-order valence-corrected chi connectivity index (χ3v) is 3.18. The number of amides is 1. The number of carbonyl (C=O) groups is 1. The van der Waals surface area contributed by atoms with Crippen LogP contribution < -0.4 is 11.2 Å². The average molecular weight is 299 g/mol. The maximum absolute atomic E-state index is 12.0. The number of nitrogen functional groups attached to an aromatic ring is 1. The fourth-order valence-corrected chi connectivity index (χ4v) is 2.17. The monoisotopic (exact) mass is 298 g/mol. The number of nitrogens with one attached hydrogen (secondary N) is 1. The first-order valence-corrected chi connectivity index (χ1v) is 6.43. The minimum absolute atomic E-state index is 0.196. The van der Waals surface area contributed by atoms with E-state index in [1.807, 2.05) is 5.01 Å². The van der Waals surface area contributed by atoms with E-state index in [9.17, 15) is 4.79 Å². The molecule has 1 aliphatic rings. The molecule has 1 amide bonds. The quantitative estimate of drug-likeness (QED) is 0.869. The van der Waals surface area contributed by atoms with E-state index in [0.29, 0.717) is 5.56 Å². The molecule has 92 valence electrons. The molecule has 6 heteroatoms. The van der Waals surface area contributed by atoms with E-state index >= 15 is 0 Å². The first-order valence-electron chi connectivity index (χ1n) is 5.64. The number of anilines is 1. The predicted octanol–water partition coefficient (Wildman–Crippen LogP) is 1.56. The molecule has 0 saturated carbocycles. The van der Waals surface area contributed by atoms with Gasteiger partial charge in [0.25, 0.3) is 5.91 Å². The lowest BCUT2D eigenvalue weighted by molar-refractivity contribution is 0.0750. The number of hydrazine groups is 1. The van der Waals surface area contributed by atoms with E-state index in [0.717, 1.165) is 30.4 Å². The number of hydrogen-bond acceptors (Lipinski definition) is 4. The molecular formula is C11H15BrN4O. The van der Waals surface area contributed by atoms with Crippen LogP contribution in [0.3, 0.4) is 0 Å². The summed E-state index contributed by atoms with van der Waals surface area (Å²) in [5, 5.41) is 1.94. The fourth-order valence-electron chi connectivity index (χ4n) is 1.84. The first-order chi connectivity index (χ1) is 8.16. The van der Waals surface area contributed by atoms with Gasteiger partial charge >= 0.3 is 0 Å². The van der Waals surface area contributed by atoms with E-state index in [1.54, 1.807) is 12.3 Å². The third-order valence-electron chi connectivity index (χ3n) is 2.75. The van der Waals surface area contributed by atoms with Crippen LogP contribution in [0.2, 0.25) is 0 Å². The number of nitrogens with zero attached hydrogens (tertiary/aromatic N) is 2. The molecule has 0 spiro atoms. The van der Waals surface area contributed by atoms with Gasteiger partial charge in [0.1, 0.15) is 5.82 Å². The smallest absolute Gasteiger partial charge is 0.269 e. The lowest BCUT2D eigenvalue weighted by atomic mass is 10.2. The second kappa shape index (κ2) is 5.46. The number of piperidine rings is 1. The van der Waals surface area contributed by atoms with E-state index in [1.165, 1.54) is 6.42 Å². The number of aromatic nitrogens is 1. The molecule has 2 rings (SSSR count). The van der Waals surface area contributed by atoms with Gasteiger partial charge in [-0.3, -0.25) is 10.2 Å². The summed E-state index contributed by atoms with van der Waals surface area (Å²) >= 11 is 3.28. The number of halogens is 1. The summed E-state index contributed by atoms with van der Waals surface area (Å²) in [7, 11) is 0. The molecule has 0 aromatic carbocycles. The number of pyridine rings is 1. The van der Waals surface area contributed by atoms with Crippen molar-refractivity contribution in [1.82, 2.24) is 15.4 Å². The van der Waals surface area contributed by atoms with Gasteiger partial charge in [0, 0.05) is 23.8 Å². The molecule has 5 nitrogen and oxygen atoms in total. The van der Waals surface area contributed by atoms with E-state index in [-0.39, 0.29) is 11.7 Å². The molecule has 0 bridgehead atoms. The zero-order valence-electron chi connectivity index (χ0n) is 9.45. The average Bonchev–Trinajstić information content (AvgIpc) is 2.33. The van der Waals surface area contributed by atoms with Crippen LogP contribution in [0.25, 0.3) is 0 Å². The molecule has 2 heterocycles. The molecule has 1 fully saturated rings. The highest BCUT2D eigenvalue weighted by molar-refractivity contribution is 9.10. The highest BCUT2D eigenvalue weighted by Crippen LogP contribution is 2.16. The van der Waals surface area contributed by atoms with Crippen molar-refractivity contribution in [3.05, 3.63) is 22.3 Å². The number of rotatable bonds is 2. The van der Waals surface area contributed by atoms with Crippen LogP contribution in [0.1, 0.15) is 29.6 Å². The van der Waals surface area contributed by atoms with Gasteiger partial charge in [-0.25, -0.2) is 9.99 Å². The van der Waals surface area contributed by atoms with E-state index in [2.05, 4.69) is 26.3 Å². The van der Waals surface area contributed by atoms with Crippen molar-refractivity contribution in [3.63, 3.8) is 0 Å². The van der Waals surface area contributed by atoms with Crippen LogP contribution in [0.5, 0.6) is 0 Å². The minimum atomic E-state index is -0.196. The van der Waals surface area contributed by atoms with Crippen LogP contribution in [-0.2, 0) is 0 Å². The van der Waals surface area contributed by atoms with Crippen LogP contribution in [-0.4, -0.2) is 29.0 Å². The van der Waals surface area contributed by atoms with Gasteiger partial charge in [-0.05, 0) is 34.8 Å². The topological polar surface area (TPSA) is 71.2 Å². The Morgan fingerprint density at radius 2 is 2.12 bits per heavy atom. The van der Waals surface area contributed by atoms with Gasteiger partial charge in [0.05, 0.1) is 5.56 Å². The molecule has 17 heavy (non-hydrogen) atoms. The molecule has 3 N–H and O–H groups in total. The maximum atomic E-state index is 12.0. The highest BCUT2D eigenvalue weighted by atomic mass is 79.9. The van der Waals surface area contributed by atoms with Gasteiger partial charge in [-0.1, -0.05) is 6.42 Å². The van der Waals surface area contributed by atoms with E-state index in [4.69, 9.17) is 5.73 Å². The number of carbonyl (C=O) groups excluding carboxylic acids is 1. The number of hydrogen-bond donors (Lipinski definition) is 2. The van der Waals surface area contributed by atoms with Crippen LogP contribution in [0.4, 0.5) is 5.82 Å². The zero-order chi connectivity index (χ0) is 12.3. The van der Waals surface area contributed by atoms with Crippen molar-refractivity contribution in [2.75, 3.05) is 18.8 Å². The molecule has 1 aromatic heterocycles. The zero-order valence-corrected chi connectivity index (χ0v) is 11.0. The molecule has 0 unspecified atom stereocenters. The molecule has 0 atom stereocenters. The Balaban J connectivity index is 2.05. The van der Waals surface area contributed by atoms with Gasteiger partial charge in [-0.15, -0.1) is 0 Å². The normalized spacial score (nSPS) is 16.8. The standard InChI is InChI=1S/C11H15BrN4O/c12-8-6-9(10(13)14-7-8)11(17)15-16-4-2-1-3-5-16/h6-7H,1-5H2,(H2,13,14)(H,15,17). The van der Waals surface area contributed by atoms with Crippen molar-refractivity contribution in [2.45, 2.75) is 19.3 Å². The van der Waals surface area contributed by atoms with Crippen molar-refractivity contribution < 1.29 is 4.79 Å². The molecule has 1 aliphatic heterocycles. The summed E-state index contributed by atoms with van der Waals surface area (Å²) in [4.78, 5) is 15.9. The van der Waals surface area contributed by atoms with Crippen molar-refractivity contribution in [1.29, 1.82) is 0 Å². The van der Waals surface area contributed by atoms with E-state index < -0.39 is 0 Å². The maximum Gasteiger partial charge on any atom is 0.269 e. The Hall–Kier alpha value is -1.14. The highest BCUT2D eigenvalue weighted by Gasteiger charge is 2.16. The second-order valence-corrected chi connectivity index (χ2v) is 4.99. The number of nitrogens with two attached hydrogens (primary N) is 1. The predicted molar refractivity (Wildman–Crippen MR) is 69.2 cm³/mol. The third kappa shape index (κ3) is 3.17. The summed E-state index contributed by atoms with van der Waals surface area (Å²) in [6.45, 7) is 1.79. The molecule has 0 aliphatic carbocycles. The largest absolute Gasteiger partial charge is 0.383 e. The van der Waals surface area contributed by atoms with Gasteiger partial charge in [0.15, 0.2) is 0 Å². The minimum Gasteiger partial charge on any atom is -0.383 e. The SMILES string of the molecule is Nc1ncc(Br)cc1C(=O)NN1CCCCC1. The molecule has 0 radical (unpaired) electrons. The van der Waals surface area contributed by atoms with Gasteiger partial charge in [0.2, 0.25) is 0 Å². The second-order valence-electron chi connectivity index (χ2n) is 4.07. The Morgan fingerprint density at radius 1 is 1.41 bits per heavy atom. The fraction of sp³-hybridized carbons (Fsp3) is 0.455. The Morgan fingerprint density at radius 3 is 2.82 bits per heavy atom. The molecule has 1 aromatic rings. The van der Waals surface area contributed by atoms with Crippen LogP contribution >= 0.6 is 15.9 Å². The summed E-state index contributed by atoms with van der Waals surface area (Å²) in [5.41, 5.74) is 8.95.